The summed E-state index contributed by atoms with van der Waals surface area (Å²) in [5.74, 6) is 0. The number of piperidine rings is 1. The van der Waals surface area contributed by atoms with Gasteiger partial charge in [0.25, 0.3) is 0 Å². The van der Waals surface area contributed by atoms with E-state index in [4.69, 9.17) is 17.3 Å². The van der Waals surface area contributed by atoms with Crippen molar-refractivity contribution in [1.29, 1.82) is 0 Å². The Morgan fingerprint density at radius 1 is 1.53 bits per heavy atom. The third-order valence-corrected chi connectivity index (χ3v) is 3.80. The van der Waals surface area contributed by atoms with Crippen LogP contribution in [0.25, 0.3) is 0 Å². The summed E-state index contributed by atoms with van der Waals surface area (Å²) in [7, 11) is 0. The summed E-state index contributed by atoms with van der Waals surface area (Å²) >= 11 is 9.22. The summed E-state index contributed by atoms with van der Waals surface area (Å²) in [5.41, 5.74) is 7.09. The summed E-state index contributed by atoms with van der Waals surface area (Å²) in [5, 5.41) is 0.490. The number of halogens is 2. The van der Waals surface area contributed by atoms with Gasteiger partial charge in [0.05, 0.1) is 22.5 Å². The Labute approximate surface area is 103 Å². The van der Waals surface area contributed by atoms with Gasteiger partial charge in [-0.2, -0.15) is 0 Å². The van der Waals surface area contributed by atoms with Gasteiger partial charge in [0.15, 0.2) is 0 Å². The molecule has 0 aliphatic carbocycles. The first-order valence-electron chi connectivity index (χ1n) is 5.02. The first kappa shape index (κ1) is 11.2. The molecule has 1 fully saturated rings. The number of hydrogen-bond acceptors (Lipinski definition) is 3. The molecule has 82 valence electrons. The van der Waals surface area contributed by atoms with Crippen LogP contribution in [0.3, 0.4) is 0 Å². The monoisotopic (exact) mass is 289 g/mol. The summed E-state index contributed by atoms with van der Waals surface area (Å²) in [4.78, 5) is 6.29. The molecular formula is C10H13BrClN3. The normalized spacial score (nSPS) is 21.8. The minimum Gasteiger partial charge on any atom is -0.355 e. The smallest absolute Gasteiger partial charge is 0.143 e. The Kier molecular flexibility index (Phi) is 3.49. The predicted molar refractivity (Wildman–Crippen MR) is 66.1 cm³/mol. The van der Waals surface area contributed by atoms with Crippen LogP contribution in [0, 0.1) is 0 Å². The molecule has 1 aliphatic rings. The first-order valence-corrected chi connectivity index (χ1v) is 6.19. The fraction of sp³-hybridized carbons (Fsp3) is 0.500. The highest BCUT2D eigenvalue weighted by atomic mass is 79.9. The number of rotatable bonds is 1. The number of anilines is 1. The van der Waals surface area contributed by atoms with Crippen LogP contribution in [0.5, 0.6) is 0 Å². The third kappa shape index (κ3) is 2.44. The molecule has 0 aromatic carbocycles. The second-order valence-electron chi connectivity index (χ2n) is 3.72. The van der Waals surface area contributed by atoms with E-state index >= 15 is 0 Å². The van der Waals surface area contributed by atoms with Crippen molar-refractivity contribution in [3.63, 3.8) is 0 Å². The van der Waals surface area contributed by atoms with Crippen LogP contribution in [-0.4, -0.2) is 17.7 Å². The lowest BCUT2D eigenvalue weighted by Crippen LogP contribution is -2.45. The number of nitrogens with zero attached hydrogens (tertiary/aromatic N) is 2. The van der Waals surface area contributed by atoms with Gasteiger partial charge in [-0.25, -0.2) is 4.98 Å². The Balaban J connectivity index is 2.24. The van der Waals surface area contributed by atoms with Gasteiger partial charge in [-0.3, -0.25) is 0 Å². The molecule has 5 heteroatoms. The molecule has 15 heavy (non-hydrogen) atoms. The average molecular weight is 291 g/mol. The van der Waals surface area contributed by atoms with Crippen LogP contribution in [0.4, 0.5) is 5.69 Å². The average Bonchev–Trinajstić information content (AvgIpc) is 2.23. The minimum absolute atomic E-state index is 0.105. The van der Waals surface area contributed by atoms with Crippen LogP contribution in [-0.2, 0) is 0 Å². The zero-order chi connectivity index (χ0) is 10.8. The largest absolute Gasteiger partial charge is 0.355 e. The Bertz CT molecular complexity index is 359. The standard InChI is InChI=1S/C10H13BrClN3/c11-8-5-7(6-14-10(8)12)15-4-2-1-3-9(15)13/h5-6,9H,1-4,13H2. The lowest BCUT2D eigenvalue weighted by atomic mass is 10.1. The maximum atomic E-state index is 6.05. The first-order chi connectivity index (χ1) is 7.18. The van der Waals surface area contributed by atoms with Crippen LogP contribution in [0.2, 0.25) is 5.15 Å². The van der Waals surface area contributed by atoms with Gasteiger partial charge in [0.2, 0.25) is 0 Å². The summed E-state index contributed by atoms with van der Waals surface area (Å²) < 4.78 is 0.819. The molecule has 1 unspecified atom stereocenters. The van der Waals surface area contributed by atoms with Crippen molar-refractivity contribution in [3.05, 3.63) is 21.9 Å². The zero-order valence-electron chi connectivity index (χ0n) is 8.29. The maximum Gasteiger partial charge on any atom is 0.143 e. The number of pyridine rings is 1. The van der Waals surface area contributed by atoms with Crippen LogP contribution in [0.1, 0.15) is 19.3 Å². The van der Waals surface area contributed by atoms with Gasteiger partial charge in [0, 0.05) is 6.54 Å². The third-order valence-electron chi connectivity index (χ3n) is 2.66. The molecular weight excluding hydrogens is 277 g/mol. The van der Waals surface area contributed by atoms with Crippen molar-refractivity contribution in [2.75, 3.05) is 11.4 Å². The van der Waals surface area contributed by atoms with E-state index in [9.17, 15) is 0 Å². The molecule has 1 atom stereocenters. The highest BCUT2D eigenvalue weighted by Gasteiger charge is 2.19. The van der Waals surface area contributed by atoms with Crippen molar-refractivity contribution in [2.45, 2.75) is 25.4 Å². The van der Waals surface area contributed by atoms with Crippen LogP contribution in [0.15, 0.2) is 16.7 Å². The molecule has 3 nitrogen and oxygen atoms in total. The minimum atomic E-state index is 0.105. The fourth-order valence-corrected chi connectivity index (χ4v) is 2.29. The zero-order valence-corrected chi connectivity index (χ0v) is 10.6. The molecule has 0 amide bonds. The van der Waals surface area contributed by atoms with Gasteiger partial charge < -0.3 is 10.6 Å². The second kappa shape index (κ2) is 4.68. The molecule has 0 spiro atoms. The Hall–Kier alpha value is -0.320. The van der Waals surface area contributed by atoms with Crippen molar-refractivity contribution < 1.29 is 0 Å². The number of hydrogen-bond donors (Lipinski definition) is 1. The number of aromatic nitrogens is 1. The van der Waals surface area contributed by atoms with Crippen LogP contribution >= 0.6 is 27.5 Å². The van der Waals surface area contributed by atoms with Gasteiger partial charge in [0.1, 0.15) is 5.15 Å². The van der Waals surface area contributed by atoms with E-state index in [0.717, 1.165) is 23.1 Å². The van der Waals surface area contributed by atoms with E-state index in [1.54, 1.807) is 6.20 Å². The molecule has 2 heterocycles. The van der Waals surface area contributed by atoms with Gasteiger partial charge >= 0.3 is 0 Å². The molecule has 0 saturated carbocycles. The van der Waals surface area contributed by atoms with Crippen molar-refractivity contribution >= 4 is 33.2 Å². The lowest BCUT2D eigenvalue weighted by molar-refractivity contribution is 0.470. The predicted octanol–water partition coefficient (Wildman–Crippen LogP) is 2.77. The van der Waals surface area contributed by atoms with Crippen LogP contribution < -0.4 is 10.6 Å². The fourth-order valence-electron chi connectivity index (χ4n) is 1.85. The molecule has 2 rings (SSSR count). The van der Waals surface area contributed by atoms with Gasteiger partial charge in [-0.05, 0) is 41.3 Å². The Morgan fingerprint density at radius 3 is 3.00 bits per heavy atom. The maximum absolute atomic E-state index is 6.05. The van der Waals surface area contributed by atoms with Crippen molar-refractivity contribution in [2.24, 2.45) is 5.73 Å². The van der Waals surface area contributed by atoms with E-state index < -0.39 is 0 Å². The van der Waals surface area contributed by atoms with Gasteiger partial charge in [-0.1, -0.05) is 11.6 Å². The second-order valence-corrected chi connectivity index (χ2v) is 4.94. The SMILES string of the molecule is NC1CCCCN1c1cnc(Cl)c(Br)c1. The van der Waals surface area contributed by atoms with Crippen molar-refractivity contribution in [1.82, 2.24) is 4.98 Å². The summed E-state index contributed by atoms with van der Waals surface area (Å²) in [6.07, 6.45) is 5.32. The quantitative estimate of drug-likeness (QED) is 0.809. The van der Waals surface area contributed by atoms with Crippen molar-refractivity contribution in [3.8, 4) is 0 Å². The molecule has 1 aliphatic heterocycles. The molecule has 1 saturated heterocycles. The molecule has 0 bridgehead atoms. The summed E-state index contributed by atoms with van der Waals surface area (Å²) in [6, 6.07) is 1.97. The highest BCUT2D eigenvalue weighted by molar-refractivity contribution is 9.10. The number of nitrogens with two attached hydrogens (primary N) is 1. The molecule has 0 radical (unpaired) electrons. The van der Waals surface area contributed by atoms with E-state index in [0.29, 0.717) is 5.15 Å². The Morgan fingerprint density at radius 2 is 2.33 bits per heavy atom. The lowest BCUT2D eigenvalue weighted by Gasteiger charge is -2.34. The van der Waals surface area contributed by atoms with E-state index in [-0.39, 0.29) is 6.17 Å². The topological polar surface area (TPSA) is 42.1 Å². The highest BCUT2D eigenvalue weighted by Crippen LogP contribution is 2.28. The summed E-state index contributed by atoms with van der Waals surface area (Å²) in [6.45, 7) is 0.997. The van der Waals surface area contributed by atoms with E-state index in [1.165, 1.54) is 12.8 Å². The van der Waals surface area contributed by atoms with E-state index in [2.05, 4.69) is 25.8 Å². The molecule has 2 N–H and O–H groups in total. The van der Waals surface area contributed by atoms with E-state index in [1.807, 2.05) is 6.07 Å². The van der Waals surface area contributed by atoms with Gasteiger partial charge in [-0.15, -0.1) is 0 Å². The molecule has 1 aromatic rings. The molecule has 1 aromatic heterocycles.